The summed E-state index contributed by atoms with van der Waals surface area (Å²) in [5.41, 5.74) is 0.196. The van der Waals surface area contributed by atoms with Gasteiger partial charge in [-0.1, -0.05) is 11.8 Å². The van der Waals surface area contributed by atoms with E-state index in [1.807, 2.05) is 0 Å². The number of benzene rings is 1. The molecule has 0 amide bonds. The molecule has 0 aliphatic heterocycles. The van der Waals surface area contributed by atoms with Crippen LogP contribution in [0.4, 0.5) is 8.78 Å². The number of halogens is 2. The minimum atomic E-state index is -0.694. The largest absolute Gasteiger partial charge is 0.465 e. The highest BCUT2D eigenvalue weighted by molar-refractivity contribution is 5.72. The predicted molar refractivity (Wildman–Crippen MR) is 54.5 cm³/mol. The second-order valence-electron chi connectivity index (χ2n) is 2.94. The number of rotatable bonds is 2. The number of esters is 1. The highest BCUT2D eigenvalue weighted by Crippen LogP contribution is 2.06. The average molecular weight is 224 g/mol. The average Bonchev–Trinajstić information content (AvgIpc) is 2.16. The summed E-state index contributed by atoms with van der Waals surface area (Å²) in [5.74, 6) is 3.13. The standard InChI is InChI=1S/C12H10F2O2/c1-2-16-12(15)5-3-4-9-6-10(13)8-11(14)7-9/h6-8H,2,5H2,1H3. The van der Waals surface area contributed by atoms with E-state index in [1.165, 1.54) is 0 Å². The smallest absolute Gasteiger partial charge is 0.317 e. The molecule has 84 valence electrons. The van der Waals surface area contributed by atoms with Crippen LogP contribution in [0.15, 0.2) is 18.2 Å². The quantitative estimate of drug-likeness (QED) is 0.569. The van der Waals surface area contributed by atoms with Gasteiger partial charge in [0.05, 0.1) is 6.61 Å². The van der Waals surface area contributed by atoms with Crippen molar-refractivity contribution in [2.24, 2.45) is 0 Å². The second kappa shape index (κ2) is 5.86. The molecule has 0 saturated carbocycles. The summed E-state index contributed by atoms with van der Waals surface area (Å²) in [7, 11) is 0. The fraction of sp³-hybridized carbons (Fsp3) is 0.250. The van der Waals surface area contributed by atoms with Crippen LogP contribution in [0.3, 0.4) is 0 Å². The fourth-order valence-electron chi connectivity index (χ4n) is 1.06. The van der Waals surface area contributed by atoms with Crippen LogP contribution < -0.4 is 0 Å². The third kappa shape index (κ3) is 4.09. The van der Waals surface area contributed by atoms with Gasteiger partial charge in [-0.05, 0) is 19.1 Å². The van der Waals surface area contributed by atoms with Crippen molar-refractivity contribution in [3.8, 4) is 11.8 Å². The van der Waals surface area contributed by atoms with E-state index in [9.17, 15) is 13.6 Å². The van der Waals surface area contributed by atoms with Crippen molar-refractivity contribution in [2.45, 2.75) is 13.3 Å². The van der Waals surface area contributed by atoms with Crippen molar-refractivity contribution >= 4 is 5.97 Å². The summed E-state index contributed by atoms with van der Waals surface area (Å²) in [6.07, 6.45) is -0.0913. The molecule has 4 heteroatoms. The fourth-order valence-corrected chi connectivity index (χ4v) is 1.06. The Hall–Kier alpha value is -1.89. The highest BCUT2D eigenvalue weighted by atomic mass is 19.1. The maximum atomic E-state index is 12.7. The summed E-state index contributed by atoms with van der Waals surface area (Å²) in [6.45, 7) is 1.97. The molecule has 2 nitrogen and oxygen atoms in total. The molecule has 0 radical (unpaired) electrons. The molecule has 0 spiro atoms. The van der Waals surface area contributed by atoms with E-state index in [-0.39, 0.29) is 18.6 Å². The molecule has 0 N–H and O–H groups in total. The first kappa shape index (κ1) is 12.2. The summed E-state index contributed by atoms with van der Waals surface area (Å²) >= 11 is 0. The Bertz CT molecular complexity index is 424. The van der Waals surface area contributed by atoms with Crippen molar-refractivity contribution in [1.82, 2.24) is 0 Å². The van der Waals surface area contributed by atoms with E-state index in [2.05, 4.69) is 16.6 Å². The van der Waals surface area contributed by atoms with Crippen molar-refractivity contribution in [3.63, 3.8) is 0 Å². The van der Waals surface area contributed by atoms with Crippen LogP contribution in [0.1, 0.15) is 18.9 Å². The molecule has 1 aromatic carbocycles. The molecule has 0 aliphatic carbocycles. The first-order chi connectivity index (χ1) is 7.61. The summed E-state index contributed by atoms with van der Waals surface area (Å²) in [4.78, 5) is 10.9. The third-order valence-electron chi connectivity index (χ3n) is 1.63. The van der Waals surface area contributed by atoms with E-state index in [4.69, 9.17) is 0 Å². The predicted octanol–water partition coefficient (Wildman–Crippen LogP) is 2.27. The lowest BCUT2D eigenvalue weighted by Crippen LogP contribution is -2.01. The Kier molecular flexibility index (Phi) is 4.46. The molecule has 0 unspecified atom stereocenters. The number of carbonyl (C=O) groups is 1. The minimum Gasteiger partial charge on any atom is -0.465 e. The van der Waals surface area contributed by atoms with Gasteiger partial charge < -0.3 is 4.74 Å². The van der Waals surface area contributed by atoms with E-state index in [0.717, 1.165) is 18.2 Å². The van der Waals surface area contributed by atoms with Crippen LogP contribution in [0, 0.1) is 23.5 Å². The topological polar surface area (TPSA) is 26.3 Å². The molecule has 0 aromatic heterocycles. The molecule has 16 heavy (non-hydrogen) atoms. The monoisotopic (exact) mass is 224 g/mol. The normalized spacial score (nSPS) is 9.19. The first-order valence-electron chi connectivity index (χ1n) is 4.72. The summed E-state index contributed by atoms with van der Waals surface area (Å²) < 4.78 is 30.1. The lowest BCUT2D eigenvalue weighted by atomic mass is 10.2. The van der Waals surface area contributed by atoms with Crippen molar-refractivity contribution < 1.29 is 18.3 Å². The molecule has 0 atom stereocenters. The summed E-state index contributed by atoms with van der Waals surface area (Å²) in [6, 6.07) is 2.96. The lowest BCUT2D eigenvalue weighted by Gasteiger charge is -1.95. The van der Waals surface area contributed by atoms with Crippen molar-refractivity contribution in [2.75, 3.05) is 6.61 Å². The van der Waals surface area contributed by atoms with Gasteiger partial charge in [-0.25, -0.2) is 8.78 Å². The molecular formula is C12H10F2O2. The molecule has 1 rings (SSSR count). The van der Waals surface area contributed by atoms with E-state index in [1.54, 1.807) is 6.92 Å². The van der Waals surface area contributed by atoms with Crippen molar-refractivity contribution in [3.05, 3.63) is 35.4 Å². The van der Waals surface area contributed by atoms with Gasteiger partial charge in [0.15, 0.2) is 0 Å². The van der Waals surface area contributed by atoms with Crippen LogP contribution in [0.5, 0.6) is 0 Å². The van der Waals surface area contributed by atoms with Crippen LogP contribution in [-0.2, 0) is 9.53 Å². The number of ether oxygens (including phenoxy) is 1. The van der Waals surface area contributed by atoms with Crippen LogP contribution >= 0.6 is 0 Å². The Morgan fingerprint density at radius 3 is 2.50 bits per heavy atom. The Labute approximate surface area is 92.2 Å². The zero-order chi connectivity index (χ0) is 12.0. The van der Waals surface area contributed by atoms with Gasteiger partial charge >= 0.3 is 5.97 Å². The Morgan fingerprint density at radius 2 is 1.94 bits per heavy atom. The number of hydrogen-bond acceptors (Lipinski definition) is 2. The maximum absolute atomic E-state index is 12.7. The van der Waals surface area contributed by atoms with Gasteiger partial charge in [-0.3, -0.25) is 4.79 Å². The molecule has 0 heterocycles. The van der Waals surface area contributed by atoms with Crippen LogP contribution in [0.25, 0.3) is 0 Å². The van der Waals surface area contributed by atoms with Crippen molar-refractivity contribution in [1.29, 1.82) is 0 Å². The molecule has 0 aliphatic rings. The highest BCUT2D eigenvalue weighted by Gasteiger charge is 1.99. The number of hydrogen-bond donors (Lipinski definition) is 0. The lowest BCUT2D eigenvalue weighted by molar-refractivity contribution is -0.141. The zero-order valence-corrected chi connectivity index (χ0v) is 8.72. The van der Waals surface area contributed by atoms with Gasteiger partial charge in [-0.15, -0.1) is 0 Å². The first-order valence-corrected chi connectivity index (χ1v) is 4.72. The van der Waals surface area contributed by atoms with Gasteiger partial charge in [0.25, 0.3) is 0 Å². The van der Waals surface area contributed by atoms with E-state index < -0.39 is 17.6 Å². The van der Waals surface area contributed by atoms with Gasteiger partial charge in [0, 0.05) is 11.6 Å². The van der Waals surface area contributed by atoms with E-state index >= 15 is 0 Å². The van der Waals surface area contributed by atoms with Gasteiger partial charge in [0.2, 0.25) is 0 Å². The zero-order valence-electron chi connectivity index (χ0n) is 8.72. The summed E-state index contributed by atoms with van der Waals surface area (Å²) in [5, 5.41) is 0. The Balaban J connectivity index is 2.66. The van der Waals surface area contributed by atoms with Gasteiger partial charge in [-0.2, -0.15) is 0 Å². The van der Waals surface area contributed by atoms with Gasteiger partial charge in [0.1, 0.15) is 18.1 Å². The van der Waals surface area contributed by atoms with Crippen LogP contribution in [-0.4, -0.2) is 12.6 Å². The van der Waals surface area contributed by atoms with E-state index in [0.29, 0.717) is 0 Å². The Morgan fingerprint density at radius 1 is 1.31 bits per heavy atom. The SMILES string of the molecule is CCOC(=O)CC#Cc1cc(F)cc(F)c1. The molecule has 0 saturated heterocycles. The van der Waals surface area contributed by atoms with Crippen LogP contribution in [0.2, 0.25) is 0 Å². The molecule has 0 bridgehead atoms. The third-order valence-corrected chi connectivity index (χ3v) is 1.63. The molecular weight excluding hydrogens is 214 g/mol. The maximum Gasteiger partial charge on any atom is 0.317 e. The number of carbonyl (C=O) groups excluding carboxylic acids is 1. The molecule has 0 fully saturated rings. The second-order valence-corrected chi connectivity index (χ2v) is 2.94. The molecule has 1 aromatic rings. The minimum absolute atomic E-state index is 0.0913.